The maximum absolute atomic E-state index is 12.4. The van der Waals surface area contributed by atoms with Gasteiger partial charge in [-0.15, -0.1) is 10.2 Å². The minimum Gasteiger partial charge on any atom is -0.352 e. The number of carbonyl (C=O) groups excluding carboxylic acids is 1. The molecule has 1 aromatic heterocycles. The average Bonchev–Trinajstić information content (AvgIpc) is 3.51. The van der Waals surface area contributed by atoms with E-state index in [9.17, 15) is 13.2 Å². The van der Waals surface area contributed by atoms with Gasteiger partial charge in [-0.1, -0.05) is 30.3 Å². The van der Waals surface area contributed by atoms with Crippen LogP contribution in [0.2, 0.25) is 0 Å². The van der Waals surface area contributed by atoms with Crippen LogP contribution in [0.15, 0.2) is 66.3 Å². The SMILES string of the molecule is O=C(NCCc1nncn1C1CC1)c1ccc(NS(=O)(=O)C=Cc2ccccc2)cc1. The van der Waals surface area contributed by atoms with Crippen molar-refractivity contribution in [3.8, 4) is 0 Å². The largest absolute Gasteiger partial charge is 0.352 e. The van der Waals surface area contributed by atoms with Crippen LogP contribution in [0, 0.1) is 0 Å². The fourth-order valence-electron chi connectivity index (χ4n) is 3.11. The predicted octanol–water partition coefficient (Wildman–Crippen LogP) is 3.00. The summed E-state index contributed by atoms with van der Waals surface area (Å²) in [4.78, 5) is 12.4. The number of benzene rings is 2. The van der Waals surface area contributed by atoms with Gasteiger partial charge in [0.05, 0.1) is 5.41 Å². The molecule has 0 bridgehead atoms. The van der Waals surface area contributed by atoms with Crippen LogP contribution in [0.1, 0.15) is 40.6 Å². The van der Waals surface area contributed by atoms with Crippen LogP contribution >= 0.6 is 0 Å². The van der Waals surface area contributed by atoms with Crippen LogP contribution < -0.4 is 10.0 Å². The van der Waals surface area contributed by atoms with E-state index in [0.29, 0.717) is 30.3 Å². The molecule has 0 saturated heterocycles. The molecule has 1 heterocycles. The molecule has 3 aromatic rings. The van der Waals surface area contributed by atoms with Crippen molar-refractivity contribution in [1.29, 1.82) is 0 Å². The molecule has 4 rings (SSSR count). The Morgan fingerprint density at radius 1 is 1.10 bits per heavy atom. The second-order valence-corrected chi connectivity index (χ2v) is 8.90. The summed E-state index contributed by atoms with van der Waals surface area (Å²) >= 11 is 0. The quantitative estimate of drug-likeness (QED) is 0.535. The first-order valence-corrected chi connectivity index (χ1v) is 11.6. The summed E-state index contributed by atoms with van der Waals surface area (Å²) in [5.41, 5.74) is 1.62. The maximum atomic E-state index is 12.4. The van der Waals surface area contributed by atoms with E-state index < -0.39 is 10.0 Å². The lowest BCUT2D eigenvalue weighted by atomic mass is 10.2. The van der Waals surface area contributed by atoms with Crippen molar-refractivity contribution in [2.45, 2.75) is 25.3 Å². The number of aromatic nitrogens is 3. The lowest BCUT2D eigenvalue weighted by molar-refractivity contribution is 0.0954. The molecule has 0 aliphatic heterocycles. The van der Waals surface area contributed by atoms with Crippen molar-refractivity contribution in [2.75, 3.05) is 11.3 Å². The summed E-state index contributed by atoms with van der Waals surface area (Å²) in [6.45, 7) is 0.447. The normalized spacial score (nSPS) is 13.9. The first-order chi connectivity index (χ1) is 15.0. The zero-order valence-corrected chi connectivity index (χ0v) is 17.6. The van der Waals surface area contributed by atoms with Crippen LogP contribution in [0.4, 0.5) is 5.69 Å². The number of hydrogen-bond donors (Lipinski definition) is 2. The van der Waals surface area contributed by atoms with Crippen molar-refractivity contribution in [2.24, 2.45) is 0 Å². The molecule has 1 fully saturated rings. The highest BCUT2D eigenvalue weighted by molar-refractivity contribution is 7.95. The fraction of sp³-hybridized carbons (Fsp3) is 0.227. The molecule has 0 radical (unpaired) electrons. The van der Waals surface area contributed by atoms with Gasteiger partial charge in [-0.3, -0.25) is 9.52 Å². The van der Waals surface area contributed by atoms with Gasteiger partial charge in [0.15, 0.2) is 0 Å². The lowest BCUT2D eigenvalue weighted by Gasteiger charge is -2.08. The summed E-state index contributed by atoms with van der Waals surface area (Å²) in [5, 5.41) is 12.0. The highest BCUT2D eigenvalue weighted by Crippen LogP contribution is 2.35. The van der Waals surface area contributed by atoms with E-state index in [1.54, 1.807) is 30.6 Å². The van der Waals surface area contributed by atoms with Gasteiger partial charge < -0.3 is 9.88 Å². The summed E-state index contributed by atoms with van der Waals surface area (Å²) in [5.74, 6) is 0.645. The standard InChI is InChI=1S/C22H23N5O3S/c28-22(23-14-12-21-25-24-16-27(21)20-10-11-20)18-6-8-19(9-7-18)26-31(29,30)15-13-17-4-2-1-3-5-17/h1-9,13,15-16,20,26H,10-12,14H2,(H,23,28). The third-order valence-corrected chi connectivity index (χ3v) is 5.88. The van der Waals surface area contributed by atoms with Crippen LogP contribution in [0.5, 0.6) is 0 Å². The Bertz CT molecular complexity index is 1170. The molecule has 31 heavy (non-hydrogen) atoms. The van der Waals surface area contributed by atoms with E-state index >= 15 is 0 Å². The van der Waals surface area contributed by atoms with Gasteiger partial charge in [-0.25, -0.2) is 8.42 Å². The molecule has 1 aliphatic rings. The molecule has 1 saturated carbocycles. The van der Waals surface area contributed by atoms with Gasteiger partial charge in [-0.05, 0) is 48.7 Å². The minimum atomic E-state index is -3.66. The third-order valence-electron chi connectivity index (χ3n) is 4.87. The number of rotatable bonds is 9. The molecule has 8 nitrogen and oxygen atoms in total. The monoisotopic (exact) mass is 437 g/mol. The number of amides is 1. The summed E-state index contributed by atoms with van der Waals surface area (Å²) in [6, 6.07) is 16.0. The first kappa shape index (κ1) is 20.8. The number of sulfonamides is 1. The number of nitrogens with zero attached hydrogens (tertiary/aromatic N) is 3. The smallest absolute Gasteiger partial charge is 0.255 e. The Hall–Kier alpha value is -3.46. The highest BCUT2D eigenvalue weighted by Gasteiger charge is 2.25. The van der Waals surface area contributed by atoms with Crippen LogP contribution in [-0.4, -0.2) is 35.6 Å². The Labute approximate surface area is 181 Å². The second-order valence-electron chi connectivity index (χ2n) is 7.33. The second kappa shape index (κ2) is 9.13. The van der Waals surface area contributed by atoms with E-state index in [-0.39, 0.29) is 5.91 Å². The summed E-state index contributed by atoms with van der Waals surface area (Å²) < 4.78 is 29.0. The Morgan fingerprint density at radius 2 is 1.84 bits per heavy atom. The number of anilines is 1. The van der Waals surface area contributed by atoms with Crippen molar-refractivity contribution in [3.05, 3.63) is 83.3 Å². The number of carbonyl (C=O) groups is 1. The Balaban J connectivity index is 1.29. The van der Waals surface area contributed by atoms with E-state index in [0.717, 1.165) is 29.6 Å². The Kier molecular flexibility index (Phi) is 6.13. The molecule has 1 aliphatic carbocycles. The van der Waals surface area contributed by atoms with Gasteiger partial charge in [-0.2, -0.15) is 0 Å². The molecular weight excluding hydrogens is 414 g/mol. The minimum absolute atomic E-state index is 0.226. The van der Waals surface area contributed by atoms with Gasteiger partial charge >= 0.3 is 0 Å². The van der Waals surface area contributed by atoms with E-state index in [1.807, 2.05) is 30.3 Å². The van der Waals surface area contributed by atoms with E-state index in [1.165, 1.54) is 6.08 Å². The summed E-state index contributed by atoms with van der Waals surface area (Å²) in [7, 11) is -3.66. The molecule has 0 spiro atoms. The molecule has 1 amide bonds. The van der Waals surface area contributed by atoms with Crippen molar-refractivity contribution >= 4 is 27.7 Å². The number of hydrogen-bond acceptors (Lipinski definition) is 5. The maximum Gasteiger partial charge on any atom is 0.255 e. The first-order valence-electron chi connectivity index (χ1n) is 10.0. The zero-order chi connectivity index (χ0) is 21.7. The summed E-state index contributed by atoms with van der Waals surface area (Å²) in [6.07, 6.45) is 6.16. The molecule has 2 aromatic carbocycles. The third kappa shape index (κ3) is 5.79. The average molecular weight is 438 g/mol. The van der Waals surface area contributed by atoms with Crippen molar-refractivity contribution < 1.29 is 13.2 Å². The van der Waals surface area contributed by atoms with Gasteiger partial charge in [0, 0.05) is 30.3 Å². The van der Waals surface area contributed by atoms with Crippen LogP contribution in [-0.2, 0) is 16.4 Å². The molecular formula is C22H23N5O3S. The van der Waals surface area contributed by atoms with Crippen LogP contribution in [0.25, 0.3) is 6.08 Å². The van der Waals surface area contributed by atoms with E-state index in [4.69, 9.17) is 0 Å². The molecule has 0 atom stereocenters. The van der Waals surface area contributed by atoms with E-state index in [2.05, 4.69) is 24.8 Å². The fourth-order valence-corrected chi connectivity index (χ4v) is 3.98. The van der Waals surface area contributed by atoms with Gasteiger partial charge in [0.1, 0.15) is 12.2 Å². The van der Waals surface area contributed by atoms with Gasteiger partial charge in [0.25, 0.3) is 15.9 Å². The molecule has 160 valence electrons. The molecule has 2 N–H and O–H groups in total. The van der Waals surface area contributed by atoms with Crippen LogP contribution in [0.3, 0.4) is 0 Å². The Morgan fingerprint density at radius 3 is 2.55 bits per heavy atom. The molecule has 0 unspecified atom stereocenters. The van der Waals surface area contributed by atoms with Crippen molar-refractivity contribution in [1.82, 2.24) is 20.1 Å². The highest BCUT2D eigenvalue weighted by atomic mass is 32.2. The molecule has 9 heteroatoms. The number of nitrogens with one attached hydrogen (secondary N) is 2. The zero-order valence-electron chi connectivity index (χ0n) is 16.8. The van der Waals surface area contributed by atoms with Gasteiger partial charge in [0.2, 0.25) is 0 Å². The lowest BCUT2D eigenvalue weighted by Crippen LogP contribution is -2.26. The van der Waals surface area contributed by atoms with Crippen molar-refractivity contribution in [3.63, 3.8) is 0 Å². The predicted molar refractivity (Wildman–Crippen MR) is 119 cm³/mol. The topological polar surface area (TPSA) is 106 Å².